The Hall–Kier alpha value is -0.960. The molecule has 1 heterocycles. The summed E-state index contributed by atoms with van der Waals surface area (Å²) in [6, 6.07) is 0. The standard InChI is InChI=1S/C8H14N2O/c1-8-9(2)5-4-6-11-7-10(8)3/h4-5H,1,6-7H2,2-3H3/b5-4-. The Bertz CT molecular complexity index is 177. The van der Waals surface area contributed by atoms with Crippen LogP contribution < -0.4 is 0 Å². The van der Waals surface area contributed by atoms with Crippen LogP contribution in [0.25, 0.3) is 0 Å². The first-order valence-electron chi connectivity index (χ1n) is 3.59. The lowest BCUT2D eigenvalue weighted by atomic mass is 10.5. The van der Waals surface area contributed by atoms with Crippen molar-refractivity contribution in [3.63, 3.8) is 0 Å². The molecule has 0 N–H and O–H groups in total. The molecule has 1 rings (SSSR count). The van der Waals surface area contributed by atoms with Gasteiger partial charge in [0, 0.05) is 20.3 Å². The minimum Gasteiger partial charge on any atom is -0.357 e. The molecule has 0 bridgehead atoms. The lowest BCUT2D eigenvalue weighted by molar-refractivity contribution is 0.0610. The van der Waals surface area contributed by atoms with E-state index in [-0.39, 0.29) is 0 Å². The van der Waals surface area contributed by atoms with Gasteiger partial charge in [-0.15, -0.1) is 0 Å². The van der Waals surface area contributed by atoms with E-state index in [9.17, 15) is 0 Å². The van der Waals surface area contributed by atoms with Gasteiger partial charge in [-0.3, -0.25) is 0 Å². The van der Waals surface area contributed by atoms with E-state index in [0.29, 0.717) is 13.3 Å². The summed E-state index contributed by atoms with van der Waals surface area (Å²) in [6.45, 7) is 5.17. The lowest BCUT2D eigenvalue weighted by Gasteiger charge is -2.28. The normalized spacial score (nSPS) is 22.9. The predicted molar refractivity (Wildman–Crippen MR) is 44.6 cm³/mol. The maximum absolute atomic E-state index is 5.26. The van der Waals surface area contributed by atoms with Crippen LogP contribution in [0.4, 0.5) is 0 Å². The number of ether oxygens (including phenoxy) is 1. The van der Waals surface area contributed by atoms with E-state index in [1.165, 1.54) is 0 Å². The first-order valence-corrected chi connectivity index (χ1v) is 3.59. The van der Waals surface area contributed by atoms with Gasteiger partial charge in [0.05, 0.1) is 6.61 Å². The number of hydrogen-bond acceptors (Lipinski definition) is 3. The van der Waals surface area contributed by atoms with Crippen LogP contribution in [0.15, 0.2) is 24.7 Å². The summed E-state index contributed by atoms with van der Waals surface area (Å²) in [5.74, 6) is 0.945. The summed E-state index contributed by atoms with van der Waals surface area (Å²) in [5.41, 5.74) is 0. The van der Waals surface area contributed by atoms with Crippen LogP contribution in [-0.4, -0.2) is 37.2 Å². The third-order valence-electron chi connectivity index (χ3n) is 1.68. The van der Waals surface area contributed by atoms with Gasteiger partial charge < -0.3 is 14.5 Å². The molecule has 62 valence electrons. The molecule has 0 aromatic heterocycles. The van der Waals surface area contributed by atoms with Crippen molar-refractivity contribution in [1.29, 1.82) is 0 Å². The van der Waals surface area contributed by atoms with Crippen LogP contribution in [0.2, 0.25) is 0 Å². The van der Waals surface area contributed by atoms with E-state index < -0.39 is 0 Å². The smallest absolute Gasteiger partial charge is 0.120 e. The number of hydrogen-bond donors (Lipinski definition) is 0. The molecule has 0 unspecified atom stereocenters. The number of nitrogens with zero attached hydrogens (tertiary/aromatic N) is 2. The highest BCUT2D eigenvalue weighted by molar-refractivity contribution is 4.98. The van der Waals surface area contributed by atoms with Crippen molar-refractivity contribution in [2.24, 2.45) is 0 Å². The fraction of sp³-hybridized carbons (Fsp3) is 0.500. The molecule has 0 saturated heterocycles. The monoisotopic (exact) mass is 154 g/mol. The lowest BCUT2D eigenvalue weighted by Crippen LogP contribution is -2.30. The third kappa shape index (κ3) is 1.98. The molecule has 0 amide bonds. The Balaban J connectivity index is 2.64. The topological polar surface area (TPSA) is 15.7 Å². The van der Waals surface area contributed by atoms with Crippen molar-refractivity contribution in [2.75, 3.05) is 27.4 Å². The molecule has 0 aliphatic carbocycles. The van der Waals surface area contributed by atoms with Gasteiger partial charge in [0.25, 0.3) is 0 Å². The van der Waals surface area contributed by atoms with Gasteiger partial charge in [-0.1, -0.05) is 6.58 Å². The molecule has 3 heteroatoms. The van der Waals surface area contributed by atoms with Gasteiger partial charge in [-0.2, -0.15) is 0 Å². The van der Waals surface area contributed by atoms with Crippen molar-refractivity contribution in [2.45, 2.75) is 0 Å². The van der Waals surface area contributed by atoms with E-state index in [1.54, 1.807) is 0 Å². The maximum atomic E-state index is 5.26. The van der Waals surface area contributed by atoms with Crippen LogP contribution >= 0.6 is 0 Å². The van der Waals surface area contributed by atoms with Crippen LogP contribution in [0.3, 0.4) is 0 Å². The summed E-state index contributed by atoms with van der Waals surface area (Å²) in [4.78, 5) is 3.94. The summed E-state index contributed by atoms with van der Waals surface area (Å²) < 4.78 is 5.26. The van der Waals surface area contributed by atoms with Gasteiger partial charge in [0.15, 0.2) is 0 Å². The van der Waals surface area contributed by atoms with Crippen molar-refractivity contribution in [1.82, 2.24) is 9.80 Å². The highest BCUT2D eigenvalue weighted by Crippen LogP contribution is 2.06. The molecule has 0 radical (unpaired) electrons. The van der Waals surface area contributed by atoms with Crippen molar-refractivity contribution >= 4 is 0 Å². The summed E-state index contributed by atoms with van der Waals surface area (Å²) in [6.07, 6.45) is 3.93. The predicted octanol–water partition coefficient (Wildman–Crippen LogP) is 0.823. The molecule has 3 nitrogen and oxygen atoms in total. The highest BCUT2D eigenvalue weighted by Gasteiger charge is 2.06. The largest absolute Gasteiger partial charge is 0.357 e. The van der Waals surface area contributed by atoms with Gasteiger partial charge in [-0.25, -0.2) is 0 Å². The zero-order chi connectivity index (χ0) is 8.27. The van der Waals surface area contributed by atoms with Crippen LogP contribution in [0, 0.1) is 0 Å². The second kappa shape index (κ2) is 3.44. The Morgan fingerprint density at radius 3 is 3.00 bits per heavy atom. The van der Waals surface area contributed by atoms with E-state index >= 15 is 0 Å². The van der Waals surface area contributed by atoms with Crippen LogP contribution in [0.5, 0.6) is 0 Å². The molecule has 0 saturated carbocycles. The van der Waals surface area contributed by atoms with Crippen molar-refractivity contribution < 1.29 is 4.74 Å². The zero-order valence-electron chi connectivity index (χ0n) is 7.08. The molecular formula is C8H14N2O. The molecule has 0 atom stereocenters. The quantitative estimate of drug-likeness (QED) is 0.514. The van der Waals surface area contributed by atoms with E-state index in [2.05, 4.69) is 6.58 Å². The van der Waals surface area contributed by atoms with Crippen molar-refractivity contribution in [3.05, 3.63) is 24.7 Å². The Morgan fingerprint density at radius 2 is 2.27 bits per heavy atom. The maximum Gasteiger partial charge on any atom is 0.120 e. The molecule has 1 aliphatic heterocycles. The minimum absolute atomic E-state index is 0.605. The van der Waals surface area contributed by atoms with Gasteiger partial charge in [0.1, 0.15) is 12.6 Å². The fourth-order valence-electron chi connectivity index (χ4n) is 0.889. The molecular weight excluding hydrogens is 140 g/mol. The summed E-state index contributed by atoms with van der Waals surface area (Å²) in [5, 5.41) is 0. The second-order valence-corrected chi connectivity index (χ2v) is 2.61. The molecule has 0 spiro atoms. The average molecular weight is 154 g/mol. The third-order valence-corrected chi connectivity index (χ3v) is 1.68. The Morgan fingerprint density at radius 1 is 1.55 bits per heavy atom. The van der Waals surface area contributed by atoms with Crippen molar-refractivity contribution in [3.8, 4) is 0 Å². The molecule has 0 aromatic rings. The second-order valence-electron chi connectivity index (χ2n) is 2.61. The first-order chi connectivity index (χ1) is 5.22. The highest BCUT2D eigenvalue weighted by atomic mass is 16.5. The zero-order valence-corrected chi connectivity index (χ0v) is 7.08. The van der Waals surface area contributed by atoms with Gasteiger partial charge >= 0.3 is 0 Å². The average Bonchev–Trinajstić information content (AvgIpc) is 2.00. The number of rotatable bonds is 0. The van der Waals surface area contributed by atoms with Crippen LogP contribution in [-0.2, 0) is 4.74 Å². The Kier molecular flexibility index (Phi) is 2.54. The molecule has 11 heavy (non-hydrogen) atoms. The SMILES string of the molecule is C=C1N(C)/C=C\COCN1C. The molecule has 0 aromatic carbocycles. The first kappa shape index (κ1) is 8.14. The summed E-state index contributed by atoms with van der Waals surface area (Å²) in [7, 11) is 3.93. The molecule has 0 fully saturated rings. The van der Waals surface area contributed by atoms with E-state index in [1.807, 2.05) is 36.2 Å². The minimum atomic E-state index is 0.605. The van der Waals surface area contributed by atoms with Gasteiger partial charge in [0.2, 0.25) is 0 Å². The van der Waals surface area contributed by atoms with Gasteiger partial charge in [-0.05, 0) is 6.08 Å². The van der Waals surface area contributed by atoms with E-state index in [0.717, 1.165) is 5.82 Å². The summed E-state index contributed by atoms with van der Waals surface area (Å²) >= 11 is 0. The fourth-order valence-corrected chi connectivity index (χ4v) is 0.889. The Labute approximate surface area is 67.5 Å². The van der Waals surface area contributed by atoms with Crippen LogP contribution in [0.1, 0.15) is 0 Å². The molecule has 1 aliphatic rings. The van der Waals surface area contributed by atoms with E-state index in [4.69, 9.17) is 4.74 Å².